The third kappa shape index (κ3) is 73.3. The van der Waals surface area contributed by atoms with Gasteiger partial charge in [-0.1, -0.05) is 0 Å². The number of carbonyl (C=O) groups is 8. The Kier molecular flexibility index (Phi) is 32.6. The van der Waals surface area contributed by atoms with Crippen LogP contribution in [0.4, 0.5) is 0 Å². The van der Waals surface area contributed by atoms with Crippen LogP contribution in [0.1, 0.15) is 51.4 Å². The minimum Gasteiger partial charge on any atom is -0.550 e. The van der Waals surface area contributed by atoms with Gasteiger partial charge in [0.2, 0.25) is 0 Å². The molecule has 0 bridgehead atoms. The van der Waals surface area contributed by atoms with Crippen molar-refractivity contribution in [3.8, 4) is 0 Å². The molecule has 0 radical (unpaired) electrons. The number of carboxylic acids is 8. The molecule has 0 aromatic rings. The molecule has 0 aliphatic rings. The van der Waals surface area contributed by atoms with Crippen LogP contribution in [-0.2, 0) is 38.4 Å². The van der Waals surface area contributed by atoms with E-state index in [4.69, 9.17) is 35.7 Å². The van der Waals surface area contributed by atoms with Crippen LogP contribution in [0.5, 0.6) is 0 Å². The first-order valence-electron chi connectivity index (χ1n) is 8.23. The third-order valence-electron chi connectivity index (χ3n) is 2.20. The molecule has 0 heterocycles. The van der Waals surface area contributed by atoms with Crippen molar-refractivity contribution in [3.63, 3.8) is 0 Å². The number of carbonyl (C=O) groups excluding carboxylic acids is 1. The van der Waals surface area contributed by atoms with Crippen LogP contribution in [0.15, 0.2) is 0 Å². The molecule has 7 N–H and O–H groups in total. The fourth-order valence-corrected chi connectivity index (χ4v) is 0.851. The van der Waals surface area contributed by atoms with E-state index in [0.717, 1.165) is 0 Å². The van der Waals surface area contributed by atoms with E-state index >= 15 is 0 Å². The summed E-state index contributed by atoms with van der Waals surface area (Å²) in [5.41, 5.74) is 0. The van der Waals surface area contributed by atoms with E-state index in [1.54, 1.807) is 0 Å². The first-order chi connectivity index (χ1) is 14.5. The number of rotatable bonds is 12. The smallest absolute Gasteiger partial charge is 0.550 e. The summed E-state index contributed by atoms with van der Waals surface area (Å²) in [6, 6.07) is 0. The van der Waals surface area contributed by atoms with Gasteiger partial charge in [-0.15, -0.1) is 0 Å². The molecule has 0 spiro atoms. The molecule has 0 rings (SSSR count). The molecular formula is C16H23NaO16. The number of aliphatic carboxylic acids is 8. The van der Waals surface area contributed by atoms with Crippen LogP contribution >= 0.6 is 0 Å². The number of hydrogen-bond donors (Lipinski definition) is 7. The van der Waals surface area contributed by atoms with E-state index in [2.05, 4.69) is 0 Å². The van der Waals surface area contributed by atoms with Crippen LogP contribution in [0.25, 0.3) is 0 Å². The van der Waals surface area contributed by atoms with Gasteiger partial charge in [-0.3, -0.25) is 33.6 Å². The molecule has 33 heavy (non-hydrogen) atoms. The molecule has 0 aliphatic heterocycles. The van der Waals surface area contributed by atoms with Gasteiger partial charge in [-0.2, -0.15) is 0 Å². The van der Waals surface area contributed by atoms with Crippen LogP contribution in [-0.4, -0.2) is 83.5 Å². The van der Waals surface area contributed by atoms with E-state index in [-0.39, 0.29) is 74.5 Å². The summed E-state index contributed by atoms with van der Waals surface area (Å²) < 4.78 is 0. The van der Waals surface area contributed by atoms with Gasteiger partial charge in [0.15, 0.2) is 0 Å². The van der Waals surface area contributed by atoms with E-state index in [0.29, 0.717) is 0 Å². The van der Waals surface area contributed by atoms with Crippen molar-refractivity contribution in [2.75, 3.05) is 0 Å². The fraction of sp³-hybridized carbons (Fsp3) is 0.500. The Labute approximate surface area is 207 Å². The predicted molar refractivity (Wildman–Crippen MR) is 95.4 cm³/mol. The quantitative estimate of drug-likeness (QED) is 0.125. The molecule has 184 valence electrons. The molecule has 0 aromatic heterocycles. The topological polar surface area (TPSA) is 301 Å². The van der Waals surface area contributed by atoms with E-state index in [9.17, 15) is 43.5 Å². The standard InChI is InChI=1S/4C4H6O4.Na/c4*5-3(6)1-2-4(7)8;/h4*1-2H2,(H,5,6)(H,7,8);/q;;;;+1/p-1. The summed E-state index contributed by atoms with van der Waals surface area (Å²) in [4.78, 5) is 77.0. The van der Waals surface area contributed by atoms with Crippen molar-refractivity contribution in [1.82, 2.24) is 0 Å². The molecule has 0 saturated heterocycles. The van der Waals surface area contributed by atoms with Crippen molar-refractivity contribution >= 4 is 47.8 Å². The van der Waals surface area contributed by atoms with Gasteiger partial charge in [0.1, 0.15) is 0 Å². The zero-order valence-electron chi connectivity index (χ0n) is 17.5. The maximum Gasteiger partial charge on any atom is 1.00 e. The van der Waals surface area contributed by atoms with Crippen LogP contribution in [0.3, 0.4) is 0 Å². The van der Waals surface area contributed by atoms with Gasteiger partial charge >= 0.3 is 71.3 Å². The second-order valence-electron chi connectivity index (χ2n) is 5.13. The Morgan fingerprint density at radius 1 is 0.364 bits per heavy atom. The van der Waals surface area contributed by atoms with Crippen LogP contribution in [0.2, 0.25) is 0 Å². The zero-order chi connectivity index (χ0) is 26.3. The molecule has 0 fully saturated rings. The zero-order valence-corrected chi connectivity index (χ0v) is 19.5. The summed E-state index contributed by atoms with van der Waals surface area (Å²) in [7, 11) is 0. The summed E-state index contributed by atoms with van der Waals surface area (Å²) in [5, 5.41) is 64.8. The predicted octanol–water partition coefficient (Wildman–Crippen LogP) is -4.59. The Hall–Kier alpha value is -3.24. The minimum absolute atomic E-state index is 0. The summed E-state index contributed by atoms with van der Waals surface area (Å²) in [6.45, 7) is 0. The first-order valence-corrected chi connectivity index (χ1v) is 8.23. The second-order valence-corrected chi connectivity index (χ2v) is 5.13. The SMILES string of the molecule is O=C(O)CCC(=O)O.O=C(O)CCC(=O)O.O=C(O)CCC(=O)O.O=C([O-])CCC(=O)O.[Na+]. The van der Waals surface area contributed by atoms with Crippen molar-refractivity contribution < 1.29 is 109 Å². The molecular weight excluding hydrogens is 471 g/mol. The molecule has 0 saturated carbocycles. The van der Waals surface area contributed by atoms with E-state index in [1.807, 2.05) is 0 Å². The number of carboxylic acid groups (broad SMARTS) is 8. The van der Waals surface area contributed by atoms with Gasteiger partial charge in [-0.25, -0.2) is 0 Å². The maximum absolute atomic E-state index is 9.64. The van der Waals surface area contributed by atoms with Crippen molar-refractivity contribution in [2.24, 2.45) is 0 Å². The van der Waals surface area contributed by atoms with Crippen LogP contribution in [0, 0.1) is 0 Å². The van der Waals surface area contributed by atoms with Crippen LogP contribution < -0.4 is 34.7 Å². The Morgan fingerprint density at radius 2 is 0.485 bits per heavy atom. The molecule has 0 aliphatic carbocycles. The fourth-order valence-electron chi connectivity index (χ4n) is 0.851. The average molecular weight is 494 g/mol. The Morgan fingerprint density at radius 3 is 0.545 bits per heavy atom. The largest absolute Gasteiger partial charge is 1.00 e. The normalized spacial score (nSPS) is 8.24. The Bertz CT molecular complexity index is 489. The first kappa shape index (κ1) is 40.2. The van der Waals surface area contributed by atoms with Crippen molar-refractivity contribution in [1.29, 1.82) is 0 Å². The monoisotopic (exact) mass is 494 g/mol. The minimum atomic E-state index is -1.33. The van der Waals surface area contributed by atoms with E-state index in [1.165, 1.54) is 0 Å². The third-order valence-corrected chi connectivity index (χ3v) is 2.20. The maximum atomic E-state index is 9.64. The Balaban J connectivity index is -0.000000105. The van der Waals surface area contributed by atoms with Gasteiger partial charge in [0, 0.05) is 5.97 Å². The molecule has 0 unspecified atom stereocenters. The summed E-state index contributed by atoms with van der Waals surface area (Å²) in [6.07, 6.45) is -2.54. The van der Waals surface area contributed by atoms with Gasteiger partial charge in [0.25, 0.3) is 0 Å². The second kappa shape index (κ2) is 26.8. The summed E-state index contributed by atoms with van der Waals surface area (Å²) in [5.74, 6) is -8.90. The van der Waals surface area contributed by atoms with Gasteiger partial charge in [0.05, 0.1) is 44.9 Å². The summed E-state index contributed by atoms with van der Waals surface area (Å²) >= 11 is 0. The van der Waals surface area contributed by atoms with Gasteiger partial charge < -0.3 is 45.6 Å². The average Bonchev–Trinajstić information content (AvgIpc) is 2.63. The number of hydrogen-bond acceptors (Lipinski definition) is 9. The molecule has 17 heteroatoms. The molecule has 0 atom stereocenters. The molecule has 16 nitrogen and oxygen atoms in total. The van der Waals surface area contributed by atoms with E-state index < -0.39 is 54.2 Å². The van der Waals surface area contributed by atoms with Gasteiger partial charge in [-0.05, 0) is 6.42 Å². The van der Waals surface area contributed by atoms with Crippen molar-refractivity contribution in [3.05, 3.63) is 0 Å². The molecule has 0 amide bonds. The molecule has 0 aromatic carbocycles. The van der Waals surface area contributed by atoms with Crippen molar-refractivity contribution in [2.45, 2.75) is 51.4 Å².